The lowest BCUT2D eigenvalue weighted by Gasteiger charge is -2.03. The zero-order chi connectivity index (χ0) is 12.3. The first-order chi connectivity index (χ1) is 8.77. The molecule has 0 radical (unpaired) electrons. The highest BCUT2D eigenvalue weighted by Gasteiger charge is 2.28. The van der Waals surface area contributed by atoms with E-state index in [4.69, 9.17) is 0 Å². The van der Waals surface area contributed by atoms with E-state index in [-0.39, 0.29) is 11.5 Å². The van der Waals surface area contributed by atoms with Crippen LogP contribution in [0.3, 0.4) is 0 Å². The number of rotatable bonds is 0. The Balaban J connectivity index is 2.21. The molecule has 0 amide bonds. The zero-order valence-corrected chi connectivity index (χ0v) is 9.42. The summed E-state index contributed by atoms with van der Waals surface area (Å²) in [7, 11) is 0. The van der Waals surface area contributed by atoms with E-state index in [0.29, 0.717) is 5.69 Å². The summed E-state index contributed by atoms with van der Waals surface area (Å²) in [6.07, 6.45) is 0. The van der Waals surface area contributed by atoms with Crippen molar-refractivity contribution in [3.05, 3.63) is 59.8 Å². The Labute approximate surface area is 103 Å². The maximum absolute atomic E-state index is 12.3. The van der Waals surface area contributed by atoms with Crippen LogP contribution in [-0.2, 0) is 0 Å². The van der Waals surface area contributed by atoms with Crippen LogP contribution in [0.5, 0.6) is 5.75 Å². The van der Waals surface area contributed by atoms with Crippen molar-refractivity contribution in [2.75, 3.05) is 0 Å². The van der Waals surface area contributed by atoms with E-state index in [1.807, 2.05) is 34.9 Å². The number of benzene rings is 2. The Morgan fingerprint density at radius 1 is 1.00 bits per heavy atom. The van der Waals surface area contributed by atoms with Gasteiger partial charge < -0.3 is 9.67 Å². The van der Waals surface area contributed by atoms with Gasteiger partial charge in [-0.15, -0.1) is 0 Å². The summed E-state index contributed by atoms with van der Waals surface area (Å²) in [5, 5.41) is 10.6. The van der Waals surface area contributed by atoms with Gasteiger partial charge in [0.1, 0.15) is 5.75 Å². The highest BCUT2D eigenvalue weighted by Crippen LogP contribution is 2.36. The number of fused-ring (bicyclic) bond motifs is 5. The van der Waals surface area contributed by atoms with Crippen molar-refractivity contribution >= 4 is 16.7 Å². The molecule has 2 heterocycles. The van der Waals surface area contributed by atoms with Crippen molar-refractivity contribution < 1.29 is 9.90 Å². The summed E-state index contributed by atoms with van der Waals surface area (Å²) in [5.74, 6) is 0.223. The molecule has 86 valence electrons. The fourth-order valence-corrected chi connectivity index (χ4v) is 2.64. The number of aromatic nitrogens is 1. The van der Waals surface area contributed by atoms with Crippen LogP contribution in [-0.4, -0.2) is 15.5 Å². The van der Waals surface area contributed by atoms with Gasteiger partial charge in [0.25, 0.3) is 0 Å². The molecular formula is C15H9NO2. The quantitative estimate of drug-likeness (QED) is 0.509. The first-order valence-corrected chi connectivity index (χ1v) is 5.75. The molecular weight excluding hydrogens is 226 g/mol. The molecule has 1 aromatic heterocycles. The summed E-state index contributed by atoms with van der Waals surface area (Å²) in [6.45, 7) is 0. The molecule has 1 aliphatic rings. The first-order valence-electron chi connectivity index (χ1n) is 5.75. The van der Waals surface area contributed by atoms with Crippen molar-refractivity contribution in [1.82, 2.24) is 4.57 Å². The smallest absolute Gasteiger partial charge is 0.211 e. The third kappa shape index (κ3) is 0.966. The van der Waals surface area contributed by atoms with Gasteiger partial charge in [0.15, 0.2) is 0 Å². The molecule has 0 unspecified atom stereocenters. The topological polar surface area (TPSA) is 42.2 Å². The molecule has 1 N–H and O–H groups in total. The van der Waals surface area contributed by atoms with Crippen LogP contribution in [0.25, 0.3) is 16.6 Å². The summed E-state index contributed by atoms with van der Waals surface area (Å²) < 4.78 is 1.91. The molecule has 1 aliphatic heterocycles. The number of carbonyl (C=O) groups excluding carboxylic acids is 1. The second-order valence-corrected chi connectivity index (χ2v) is 4.42. The zero-order valence-electron chi connectivity index (χ0n) is 9.42. The van der Waals surface area contributed by atoms with Crippen LogP contribution < -0.4 is 0 Å². The number of para-hydroxylation sites is 1. The first kappa shape index (κ1) is 9.48. The van der Waals surface area contributed by atoms with Crippen LogP contribution in [0.4, 0.5) is 0 Å². The van der Waals surface area contributed by atoms with Gasteiger partial charge in [0.05, 0.1) is 16.9 Å². The van der Waals surface area contributed by atoms with E-state index >= 15 is 0 Å². The van der Waals surface area contributed by atoms with Gasteiger partial charge in [-0.25, -0.2) is 0 Å². The number of carbonyl (C=O) groups is 1. The van der Waals surface area contributed by atoms with Gasteiger partial charge in [0.2, 0.25) is 5.78 Å². The number of hydrogen-bond donors (Lipinski definition) is 1. The third-order valence-electron chi connectivity index (χ3n) is 3.45. The Morgan fingerprint density at radius 3 is 2.72 bits per heavy atom. The number of phenols is 1. The van der Waals surface area contributed by atoms with E-state index in [1.165, 1.54) is 0 Å². The lowest BCUT2D eigenvalue weighted by Crippen LogP contribution is -1.94. The fraction of sp³-hybridized carbons (Fsp3) is 0. The average molecular weight is 235 g/mol. The SMILES string of the molecule is O=C1c2ccccc2-n2c1cc1c(O)cccc12. The van der Waals surface area contributed by atoms with E-state index in [9.17, 15) is 9.90 Å². The van der Waals surface area contributed by atoms with Crippen molar-refractivity contribution in [2.24, 2.45) is 0 Å². The molecule has 0 aliphatic carbocycles. The summed E-state index contributed by atoms with van der Waals surface area (Å²) in [6, 6.07) is 14.6. The Morgan fingerprint density at radius 2 is 1.83 bits per heavy atom. The van der Waals surface area contributed by atoms with E-state index in [2.05, 4.69) is 0 Å². The van der Waals surface area contributed by atoms with Crippen molar-refractivity contribution in [3.8, 4) is 11.4 Å². The lowest BCUT2D eigenvalue weighted by atomic mass is 10.1. The molecule has 3 aromatic rings. The monoisotopic (exact) mass is 235 g/mol. The molecule has 3 nitrogen and oxygen atoms in total. The molecule has 3 heteroatoms. The molecule has 0 spiro atoms. The number of hydrogen-bond acceptors (Lipinski definition) is 2. The predicted octanol–water partition coefficient (Wildman–Crippen LogP) is 2.88. The molecule has 0 fully saturated rings. The number of aromatic hydroxyl groups is 1. The summed E-state index contributed by atoms with van der Waals surface area (Å²) in [4.78, 5) is 12.3. The van der Waals surface area contributed by atoms with Gasteiger partial charge >= 0.3 is 0 Å². The van der Waals surface area contributed by atoms with Crippen LogP contribution in [0.2, 0.25) is 0 Å². The predicted molar refractivity (Wildman–Crippen MR) is 68.4 cm³/mol. The van der Waals surface area contributed by atoms with E-state index < -0.39 is 0 Å². The minimum Gasteiger partial charge on any atom is -0.507 e. The fourth-order valence-electron chi connectivity index (χ4n) is 2.64. The minimum atomic E-state index is 0.0150. The van der Waals surface area contributed by atoms with E-state index in [0.717, 1.165) is 22.2 Å². The van der Waals surface area contributed by atoms with Crippen LogP contribution in [0.1, 0.15) is 16.1 Å². The number of phenolic OH excluding ortho intramolecular Hbond substituents is 1. The maximum Gasteiger partial charge on any atom is 0.211 e. The second kappa shape index (κ2) is 3.01. The number of ketones is 1. The molecule has 0 bridgehead atoms. The van der Waals surface area contributed by atoms with Crippen molar-refractivity contribution in [2.45, 2.75) is 0 Å². The highest BCUT2D eigenvalue weighted by molar-refractivity contribution is 6.17. The van der Waals surface area contributed by atoms with Gasteiger partial charge in [-0.1, -0.05) is 18.2 Å². The van der Waals surface area contributed by atoms with Crippen molar-refractivity contribution in [3.63, 3.8) is 0 Å². The third-order valence-corrected chi connectivity index (χ3v) is 3.45. The van der Waals surface area contributed by atoms with Crippen LogP contribution in [0.15, 0.2) is 48.5 Å². The molecule has 0 atom stereocenters. The molecule has 18 heavy (non-hydrogen) atoms. The highest BCUT2D eigenvalue weighted by atomic mass is 16.3. The minimum absolute atomic E-state index is 0.0150. The largest absolute Gasteiger partial charge is 0.507 e. The normalized spacial score (nSPS) is 12.8. The summed E-state index contributed by atoms with van der Waals surface area (Å²) in [5.41, 5.74) is 3.09. The molecule has 0 saturated carbocycles. The van der Waals surface area contributed by atoms with Gasteiger partial charge in [-0.2, -0.15) is 0 Å². The number of nitrogens with zero attached hydrogens (tertiary/aromatic N) is 1. The van der Waals surface area contributed by atoms with E-state index in [1.54, 1.807) is 18.2 Å². The Hall–Kier alpha value is -2.55. The van der Waals surface area contributed by atoms with Gasteiger partial charge in [-0.3, -0.25) is 4.79 Å². The standard InChI is InChI=1S/C15H9NO2/c17-14-7-3-6-12-10(14)8-13-15(18)9-4-1-2-5-11(9)16(12)13/h1-8,17H. The van der Waals surface area contributed by atoms with Gasteiger partial charge in [-0.05, 0) is 30.3 Å². The Bertz CT molecular complexity index is 814. The summed E-state index contributed by atoms with van der Waals surface area (Å²) >= 11 is 0. The van der Waals surface area contributed by atoms with Crippen LogP contribution in [0, 0.1) is 0 Å². The van der Waals surface area contributed by atoms with Crippen molar-refractivity contribution in [1.29, 1.82) is 0 Å². The van der Waals surface area contributed by atoms with Crippen LogP contribution >= 0.6 is 0 Å². The molecule has 0 saturated heterocycles. The Kier molecular flexibility index (Phi) is 1.59. The molecule has 2 aromatic carbocycles. The van der Waals surface area contributed by atoms with Gasteiger partial charge in [0, 0.05) is 10.9 Å². The lowest BCUT2D eigenvalue weighted by molar-refractivity contribution is 0.104. The second-order valence-electron chi connectivity index (χ2n) is 4.42. The average Bonchev–Trinajstić information content (AvgIpc) is 2.89. The maximum atomic E-state index is 12.3. The molecule has 4 rings (SSSR count).